The molecule has 2 aromatic carbocycles. The molecule has 0 aliphatic rings. The van der Waals surface area contributed by atoms with Crippen LogP contribution in [0, 0.1) is 17.0 Å². The van der Waals surface area contributed by atoms with Crippen LogP contribution in [0.25, 0.3) is 0 Å². The summed E-state index contributed by atoms with van der Waals surface area (Å²) in [6.45, 7) is 6.54. The number of hydrogen-bond donors (Lipinski definition) is 0. The third-order valence-corrected chi connectivity index (χ3v) is 2.71. The highest BCUT2D eigenvalue weighted by molar-refractivity contribution is 5.28. The molecule has 3 nitrogen and oxygen atoms in total. The summed E-state index contributed by atoms with van der Waals surface area (Å²) >= 11 is 0. The standard InChI is InChI=1S/C10H14.C6H5NO2/c1-8(2)10-6-4-9(3)5-7-10;8-7(9)6-4-2-1-3-5-6/h4-8H,1-3H3;1-5H. The first-order valence-electron chi connectivity index (χ1n) is 6.26. The van der Waals surface area contributed by atoms with Gasteiger partial charge in [-0.25, -0.2) is 0 Å². The van der Waals surface area contributed by atoms with Crippen molar-refractivity contribution in [1.29, 1.82) is 0 Å². The molecule has 0 N–H and O–H groups in total. The molecule has 2 rings (SSSR count). The second-order valence-corrected chi connectivity index (χ2v) is 4.66. The van der Waals surface area contributed by atoms with Crippen molar-refractivity contribution in [3.8, 4) is 0 Å². The molecule has 0 amide bonds. The second-order valence-electron chi connectivity index (χ2n) is 4.66. The summed E-state index contributed by atoms with van der Waals surface area (Å²) in [5.41, 5.74) is 2.90. The number of nitrogens with zero attached hydrogens (tertiary/aromatic N) is 1. The minimum absolute atomic E-state index is 0.137. The Morgan fingerprint density at radius 3 is 1.84 bits per heavy atom. The van der Waals surface area contributed by atoms with Crippen LogP contribution in [0.1, 0.15) is 30.9 Å². The number of non-ortho nitro benzene ring substituents is 1. The molecule has 0 saturated carbocycles. The van der Waals surface area contributed by atoms with Crippen molar-refractivity contribution >= 4 is 5.69 Å². The summed E-state index contributed by atoms with van der Waals surface area (Å²) < 4.78 is 0. The van der Waals surface area contributed by atoms with Crippen LogP contribution in [0.3, 0.4) is 0 Å². The van der Waals surface area contributed by atoms with Gasteiger partial charge in [-0.2, -0.15) is 0 Å². The minimum Gasteiger partial charge on any atom is -0.258 e. The van der Waals surface area contributed by atoms with Crippen LogP contribution >= 0.6 is 0 Å². The van der Waals surface area contributed by atoms with Gasteiger partial charge in [0.1, 0.15) is 0 Å². The van der Waals surface area contributed by atoms with Gasteiger partial charge in [-0.15, -0.1) is 0 Å². The van der Waals surface area contributed by atoms with Gasteiger partial charge in [-0.3, -0.25) is 10.1 Å². The van der Waals surface area contributed by atoms with E-state index in [1.807, 2.05) is 0 Å². The van der Waals surface area contributed by atoms with E-state index in [2.05, 4.69) is 45.0 Å². The van der Waals surface area contributed by atoms with Gasteiger partial charge in [0, 0.05) is 12.1 Å². The smallest absolute Gasteiger partial charge is 0.258 e. The summed E-state index contributed by atoms with van der Waals surface area (Å²) in [6.07, 6.45) is 0. The zero-order chi connectivity index (χ0) is 14.3. The SMILES string of the molecule is Cc1ccc(C(C)C)cc1.O=[N+]([O-])c1ccccc1. The molecule has 3 heteroatoms. The van der Waals surface area contributed by atoms with Gasteiger partial charge in [0.25, 0.3) is 5.69 Å². The van der Waals surface area contributed by atoms with E-state index >= 15 is 0 Å². The third kappa shape index (κ3) is 5.34. The number of benzene rings is 2. The van der Waals surface area contributed by atoms with Gasteiger partial charge in [0.2, 0.25) is 0 Å². The maximum absolute atomic E-state index is 10.0. The van der Waals surface area contributed by atoms with Crippen molar-refractivity contribution in [3.05, 3.63) is 75.8 Å². The first-order valence-corrected chi connectivity index (χ1v) is 6.26. The Morgan fingerprint density at radius 1 is 0.947 bits per heavy atom. The first kappa shape index (κ1) is 14.9. The summed E-state index contributed by atoms with van der Waals surface area (Å²) in [5, 5.41) is 10.0. The monoisotopic (exact) mass is 257 g/mol. The van der Waals surface area contributed by atoms with E-state index in [0.717, 1.165) is 0 Å². The Morgan fingerprint density at radius 2 is 1.47 bits per heavy atom. The number of para-hydroxylation sites is 1. The molecule has 0 heterocycles. The third-order valence-electron chi connectivity index (χ3n) is 2.71. The molecule has 0 bridgehead atoms. The van der Waals surface area contributed by atoms with Crippen molar-refractivity contribution in [2.75, 3.05) is 0 Å². The molecule has 0 spiro atoms. The zero-order valence-electron chi connectivity index (χ0n) is 11.5. The molecule has 0 atom stereocenters. The first-order chi connectivity index (χ1) is 9.00. The van der Waals surface area contributed by atoms with E-state index < -0.39 is 4.92 Å². The number of aryl methyl sites for hydroxylation is 1. The molecule has 2 aromatic rings. The van der Waals surface area contributed by atoms with Crippen LogP contribution in [-0.4, -0.2) is 4.92 Å². The normalized spacial score (nSPS) is 9.68. The minimum atomic E-state index is -0.417. The average Bonchev–Trinajstić information content (AvgIpc) is 2.41. The van der Waals surface area contributed by atoms with E-state index in [0.29, 0.717) is 5.92 Å². The molecule has 0 saturated heterocycles. The van der Waals surface area contributed by atoms with Gasteiger partial charge in [0.05, 0.1) is 4.92 Å². The van der Waals surface area contributed by atoms with Crippen molar-refractivity contribution in [3.63, 3.8) is 0 Å². The summed E-state index contributed by atoms with van der Waals surface area (Å²) in [6, 6.07) is 16.6. The topological polar surface area (TPSA) is 43.1 Å². The Balaban J connectivity index is 0.000000191. The lowest BCUT2D eigenvalue weighted by Gasteiger charge is -2.03. The summed E-state index contributed by atoms with van der Waals surface area (Å²) in [7, 11) is 0. The van der Waals surface area contributed by atoms with Crippen LogP contribution in [0.5, 0.6) is 0 Å². The van der Waals surface area contributed by atoms with E-state index in [9.17, 15) is 10.1 Å². The predicted octanol–water partition coefficient (Wildman–Crippen LogP) is 4.71. The van der Waals surface area contributed by atoms with E-state index in [1.54, 1.807) is 18.2 Å². The lowest BCUT2D eigenvalue weighted by Crippen LogP contribution is -1.85. The maximum atomic E-state index is 10.0. The largest absolute Gasteiger partial charge is 0.269 e. The average molecular weight is 257 g/mol. The molecule has 0 aliphatic heterocycles. The Hall–Kier alpha value is -2.16. The highest BCUT2D eigenvalue weighted by atomic mass is 16.6. The summed E-state index contributed by atoms with van der Waals surface area (Å²) in [4.78, 5) is 9.59. The Labute approximate surface area is 114 Å². The van der Waals surface area contributed by atoms with E-state index in [4.69, 9.17) is 0 Å². The molecule has 19 heavy (non-hydrogen) atoms. The maximum Gasteiger partial charge on any atom is 0.269 e. The van der Waals surface area contributed by atoms with Crippen LogP contribution in [0.15, 0.2) is 54.6 Å². The van der Waals surface area contributed by atoms with E-state index in [-0.39, 0.29) is 5.69 Å². The van der Waals surface area contributed by atoms with E-state index in [1.165, 1.54) is 23.3 Å². The molecule has 0 aromatic heterocycles. The Kier molecular flexibility index (Phi) is 5.73. The Bertz CT molecular complexity index is 504. The molecular weight excluding hydrogens is 238 g/mol. The molecule has 0 aliphatic carbocycles. The number of hydrogen-bond acceptors (Lipinski definition) is 2. The highest BCUT2D eigenvalue weighted by Gasteiger charge is 1.98. The second kappa shape index (κ2) is 7.31. The van der Waals surface area contributed by atoms with Gasteiger partial charge >= 0.3 is 0 Å². The molecule has 0 radical (unpaired) electrons. The fourth-order valence-electron chi connectivity index (χ4n) is 1.50. The van der Waals surface area contributed by atoms with Crippen molar-refractivity contribution in [2.45, 2.75) is 26.7 Å². The fourth-order valence-corrected chi connectivity index (χ4v) is 1.50. The van der Waals surface area contributed by atoms with Gasteiger partial charge in [-0.05, 0) is 18.4 Å². The van der Waals surface area contributed by atoms with Crippen molar-refractivity contribution < 1.29 is 4.92 Å². The lowest BCUT2D eigenvalue weighted by molar-refractivity contribution is -0.384. The number of nitro groups is 1. The molecule has 0 fully saturated rings. The van der Waals surface area contributed by atoms with Crippen LogP contribution in [0.4, 0.5) is 5.69 Å². The van der Waals surface area contributed by atoms with Crippen LogP contribution < -0.4 is 0 Å². The van der Waals surface area contributed by atoms with Crippen LogP contribution in [-0.2, 0) is 0 Å². The highest BCUT2D eigenvalue weighted by Crippen LogP contribution is 2.13. The van der Waals surface area contributed by atoms with Crippen molar-refractivity contribution in [1.82, 2.24) is 0 Å². The molecule has 0 unspecified atom stereocenters. The number of nitro benzene ring substituents is 1. The predicted molar refractivity (Wildman–Crippen MR) is 78.4 cm³/mol. The van der Waals surface area contributed by atoms with Gasteiger partial charge in [-0.1, -0.05) is 61.9 Å². The summed E-state index contributed by atoms with van der Waals surface area (Å²) in [5.74, 6) is 0.653. The van der Waals surface area contributed by atoms with Gasteiger partial charge in [0.15, 0.2) is 0 Å². The van der Waals surface area contributed by atoms with Crippen LogP contribution in [0.2, 0.25) is 0 Å². The quantitative estimate of drug-likeness (QED) is 0.577. The molecule has 100 valence electrons. The fraction of sp³-hybridized carbons (Fsp3) is 0.250. The lowest BCUT2D eigenvalue weighted by atomic mass is 10.0. The zero-order valence-corrected chi connectivity index (χ0v) is 11.5. The number of rotatable bonds is 2. The molecular formula is C16H19NO2. The van der Waals surface area contributed by atoms with Crippen molar-refractivity contribution in [2.24, 2.45) is 0 Å². The van der Waals surface area contributed by atoms with Gasteiger partial charge < -0.3 is 0 Å².